The predicted molar refractivity (Wildman–Crippen MR) is 48.0 cm³/mol. The van der Waals surface area contributed by atoms with E-state index < -0.39 is 0 Å². The maximum atomic E-state index is 8.47. The van der Waals surface area contributed by atoms with Gasteiger partial charge in [0.2, 0.25) is 0 Å². The lowest BCUT2D eigenvalue weighted by atomic mass is 10.4. The number of hydrogen-bond donors (Lipinski definition) is 1. The van der Waals surface area contributed by atoms with Gasteiger partial charge in [-0.1, -0.05) is 13.3 Å². The Morgan fingerprint density at radius 1 is 1.17 bits per heavy atom. The third kappa shape index (κ3) is 7.98. The second-order valence-corrected chi connectivity index (χ2v) is 2.74. The molecule has 0 heterocycles. The standard InChI is InChI=1S/C9H20O3/c1-3-4-7-11-9(2)12-8-5-6-10/h9-10H,3-8H2,1-2H3. The Morgan fingerprint density at radius 2 is 1.75 bits per heavy atom. The first-order valence-electron chi connectivity index (χ1n) is 4.65. The quantitative estimate of drug-likeness (QED) is 0.450. The van der Waals surface area contributed by atoms with E-state index in [0.717, 1.165) is 19.4 Å². The Morgan fingerprint density at radius 3 is 2.25 bits per heavy atom. The van der Waals surface area contributed by atoms with E-state index in [-0.39, 0.29) is 12.9 Å². The fourth-order valence-corrected chi connectivity index (χ4v) is 0.756. The van der Waals surface area contributed by atoms with Gasteiger partial charge in [0.25, 0.3) is 0 Å². The summed E-state index contributed by atoms with van der Waals surface area (Å²) in [7, 11) is 0. The van der Waals surface area contributed by atoms with Gasteiger partial charge in [-0.3, -0.25) is 0 Å². The molecule has 0 aliphatic rings. The zero-order valence-corrected chi connectivity index (χ0v) is 8.08. The van der Waals surface area contributed by atoms with Crippen LogP contribution in [0.2, 0.25) is 0 Å². The highest BCUT2D eigenvalue weighted by Crippen LogP contribution is 1.97. The van der Waals surface area contributed by atoms with Gasteiger partial charge in [-0.05, 0) is 19.8 Å². The van der Waals surface area contributed by atoms with Crippen LogP contribution in [0.15, 0.2) is 0 Å². The minimum absolute atomic E-state index is 0.136. The highest BCUT2D eigenvalue weighted by molar-refractivity contribution is 4.37. The van der Waals surface area contributed by atoms with Crippen molar-refractivity contribution in [2.75, 3.05) is 19.8 Å². The van der Waals surface area contributed by atoms with Crippen molar-refractivity contribution in [3.05, 3.63) is 0 Å². The lowest BCUT2D eigenvalue weighted by Gasteiger charge is -2.12. The van der Waals surface area contributed by atoms with E-state index in [9.17, 15) is 0 Å². The van der Waals surface area contributed by atoms with Crippen molar-refractivity contribution in [1.82, 2.24) is 0 Å². The van der Waals surface area contributed by atoms with Gasteiger partial charge in [0.05, 0.1) is 6.61 Å². The molecule has 0 aromatic carbocycles. The summed E-state index contributed by atoms with van der Waals surface area (Å²) < 4.78 is 10.6. The first kappa shape index (κ1) is 11.9. The number of rotatable bonds is 8. The highest BCUT2D eigenvalue weighted by atomic mass is 16.7. The SMILES string of the molecule is CCCCOC(C)OCCCO. The topological polar surface area (TPSA) is 38.7 Å². The molecule has 0 rings (SSSR count). The van der Waals surface area contributed by atoms with Gasteiger partial charge in [-0.2, -0.15) is 0 Å². The van der Waals surface area contributed by atoms with E-state index in [2.05, 4.69) is 6.92 Å². The maximum Gasteiger partial charge on any atom is 0.154 e. The van der Waals surface area contributed by atoms with E-state index in [1.165, 1.54) is 0 Å². The van der Waals surface area contributed by atoms with Crippen molar-refractivity contribution in [2.24, 2.45) is 0 Å². The van der Waals surface area contributed by atoms with Crippen LogP contribution in [0.3, 0.4) is 0 Å². The molecule has 3 nitrogen and oxygen atoms in total. The van der Waals surface area contributed by atoms with Crippen molar-refractivity contribution in [3.63, 3.8) is 0 Å². The molecule has 0 bridgehead atoms. The molecular formula is C9H20O3. The number of unbranched alkanes of at least 4 members (excludes halogenated alkanes) is 1. The van der Waals surface area contributed by atoms with Crippen LogP contribution in [0.1, 0.15) is 33.1 Å². The third-order valence-electron chi connectivity index (χ3n) is 1.51. The van der Waals surface area contributed by atoms with Gasteiger partial charge < -0.3 is 14.6 Å². The van der Waals surface area contributed by atoms with Gasteiger partial charge in [0.1, 0.15) is 0 Å². The monoisotopic (exact) mass is 176 g/mol. The molecule has 12 heavy (non-hydrogen) atoms. The highest BCUT2D eigenvalue weighted by Gasteiger charge is 1.99. The maximum absolute atomic E-state index is 8.47. The Bertz CT molecular complexity index is 75.8. The van der Waals surface area contributed by atoms with Crippen molar-refractivity contribution >= 4 is 0 Å². The molecular weight excluding hydrogens is 156 g/mol. The van der Waals surface area contributed by atoms with E-state index in [4.69, 9.17) is 14.6 Å². The Balaban J connectivity index is 3.04. The predicted octanol–water partition coefficient (Wildman–Crippen LogP) is 1.55. The second-order valence-electron chi connectivity index (χ2n) is 2.74. The van der Waals surface area contributed by atoms with Gasteiger partial charge in [0, 0.05) is 13.2 Å². The molecule has 0 saturated heterocycles. The number of aliphatic hydroxyl groups excluding tert-OH is 1. The minimum Gasteiger partial charge on any atom is -0.396 e. The van der Waals surface area contributed by atoms with E-state index >= 15 is 0 Å². The molecule has 0 spiro atoms. The summed E-state index contributed by atoms with van der Waals surface area (Å²) in [6.45, 7) is 5.52. The Hall–Kier alpha value is -0.120. The summed E-state index contributed by atoms with van der Waals surface area (Å²) >= 11 is 0. The first-order valence-corrected chi connectivity index (χ1v) is 4.65. The molecule has 0 aliphatic heterocycles. The molecule has 0 aliphatic carbocycles. The summed E-state index contributed by atoms with van der Waals surface area (Å²) in [5, 5.41) is 8.47. The zero-order chi connectivity index (χ0) is 9.23. The van der Waals surface area contributed by atoms with Crippen LogP contribution in [0.5, 0.6) is 0 Å². The zero-order valence-electron chi connectivity index (χ0n) is 8.08. The summed E-state index contributed by atoms with van der Waals surface area (Å²) in [5.74, 6) is 0. The van der Waals surface area contributed by atoms with Crippen LogP contribution in [0.4, 0.5) is 0 Å². The van der Waals surface area contributed by atoms with Crippen LogP contribution in [-0.4, -0.2) is 31.2 Å². The van der Waals surface area contributed by atoms with Crippen molar-refractivity contribution in [2.45, 2.75) is 39.4 Å². The summed E-state index contributed by atoms with van der Waals surface area (Å²) in [6, 6.07) is 0. The molecule has 0 fully saturated rings. The molecule has 1 N–H and O–H groups in total. The number of hydrogen-bond acceptors (Lipinski definition) is 3. The lowest BCUT2D eigenvalue weighted by molar-refractivity contribution is -0.132. The van der Waals surface area contributed by atoms with Gasteiger partial charge in [-0.25, -0.2) is 0 Å². The first-order chi connectivity index (χ1) is 5.81. The normalized spacial score (nSPS) is 13.2. The minimum atomic E-state index is -0.136. The van der Waals surface area contributed by atoms with E-state index in [0.29, 0.717) is 13.0 Å². The van der Waals surface area contributed by atoms with Crippen molar-refractivity contribution < 1.29 is 14.6 Å². The molecule has 1 unspecified atom stereocenters. The van der Waals surface area contributed by atoms with Crippen LogP contribution >= 0.6 is 0 Å². The lowest BCUT2D eigenvalue weighted by Crippen LogP contribution is -2.14. The Labute approximate surface area is 74.7 Å². The molecule has 0 aromatic rings. The van der Waals surface area contributed by atoms with Gasteiger partial charge in [-0.15, -0.1) is 0 Å². The molecule has 0 aromatic heterocycles. The molecule has 0 amide bonds. The molecule has 3 heteroatoms. The number of ether oxygens (including phenoxy) is 2. The number of aliphatic hydroxyl groups is 1. The molecule has 74 valence electrons. The molecule has 0 saturated carbocycles. The molecule has 0 radical (unpaired) electrons. The molecule has 1 atom stereocenters. The van der Waals surface area contributed by atoms with Gasteiger partial charge >= 0.3 is 0 Å². The van der Waals surface area contributed by atoms with Crippen molar-refractivity contribution in [1.29, 1.82) is 0 Å². The van der Waals surface area contributed by atoms with Crippen LogP contribution in [0, 0.1) is 0 Å². The van der Waals surface area contributed by atoms with E-state index in [1.54, 1.807) is 0 Å². The largest absolute Gasteiger partial charge is 0.396 e. The van der Waals surface area contributed by atoms with E-state index in [1.807, 2.05) is 6.92 Å². The Kier molecular flexibility index (Phi) is 8.88. The fraction of sp³-hybridized carbons (Fsp3) is 1.00. The van der Waals surface area contributed by atoms with Crippen LogP contribution in [-0.2, 0) is 9.47 Å². The second kappa shape index (κ2) is 8.97. The fourth-order valence-electron chi connectivity index (χ4n) is 0.756. The summed E-state index contributed by atoms with van der Waals surface area (Å²) in [6.07, 6.45) is 2.77. The smallest absolute Gasteiger partial charge is 0.154 e. The van der Waals surface area contributed by atoms with Crippen molar-refractivity contribution in [3.8, 4) is 0 Å². The summed E-state index contributed by atoms with van der Waals surface area (Å²) in [5.41, 5.74) is 0. The third-order valence-corrected chi connectivity index (χ3v) is 1.51. The average Bonchev–Trinajstić information content (AvgIpc) is 2.06. The van der Waals surface area contributed by atoms with Crippen LogP contribution in [0.25, 0.3) is 0 Å². The van der Waals surface area contributed by atoms with Gasteiger partial charge in [0.15, 0.2) is 6.29 Å². The average molecular weight is 176 g/mol. The van der Waals surface area contributed by atoms with Crippen LogP contribution < -0.4 is 0 Å². The summed E-state index contributed by atoms with van der Waals surface area (Å²) in [4.78, 5) is 0.